The summed E-state index contributed by atoms with van der Waals surface area (Å²) in [4.78, 5) is 20.5. The first kappa shape index (κ1) is 23.3. The predicted octanol–water partition coefficient (Wildman–Crippen LogP) is 2.45. The molecular weight excluding hydrogens is 342 g/mol. The number of carbonyl (C=O) groups excluding carboxylic acids is 1. The topological polar surface area (TPSA) is 69.2 Å². The molecule has 1 aliphatic heterocycles. The van der Waals surface area contributed by atoms with Gasteiger partial charge in [-0.1, -0.05) is 6.08 Å². The number of likely N-dealkylation sites (tertiary alicyclic amines) is 1. The predicted molar refractivity (Wildman–Crippen MR) is 112 cm³/mol. The number of guanidine groups is 1. The molecule has 1 atom stereocenters. The lowest BCUT2D eigenvalue weighted by Crippen LogP contribution is -2.49. The highest BCUT2D eigenvalue weighted by Crippen LogP contribution is 2.12. The lowest BCUT2D eigenvalue weighted by molar-refractivity contribution is 0.0230. The molecule has 7 nitrogen and oxygen atoms in total. The van der Waals surface area contributed by atoms with E-state index in [1.54, 1.807) is 19.0 Å². The monoisotopic (exact) mass is 381 g/mol. The SMILES string of the molecule is C=CCN1CCC(NC(=NC)NCCC(C)N(C)C(=O)OC(C)(C)C)CC1. The minimum atomic E-state index is -0.476. The van der Waals surface area contributed by atoms with Gasteiger partial charge < -0.3 is 20.3 Å². The van der Waals surface area contributed by atoms with E-state index >= 15 is 0 Å². The molecule has 27 heavy (non-hydrogen) atoms. The molecule has 7 heteroatoms. The highest BCUT2D eigenvalue weighted by Gasteiger charge is 2.23. The van der Waals surface area contributed by atoms with Gasteiger partial charge in [0.05, 0.1) is 0 Å². The van der Waals surface area contributed by atoms with Crippen molar-refractivity contribution in [1.82, 2.24) is 20.4 Å². The Morgan fingerprint density at radius 2 is 2.04 bits per heavy atom. The Morgan fingerprint density at radius 1 is 1.41 bits per heavy atom. The van der Waals surface area contributed by atoms with Crippen molar-refractivity contribution in [2.45, 2.75) is 64.6 Å². The van der Waals surface area contributed by atoms with Crippen LogP contribution in [-0.4, -0.2) is 79.8 Å². The maximum absolute atomic E-state index is 12.1. The van der Waals surface area contributed by atoms with Crippen LogP contribution in [0.2, 0.25) is 0 Å². The number of rotatable bonds is 7. The summed E-state index contributed by atoms with van der Waals surface area (Å²) in [5, 5.41) is 6.86. The largest absolute Gasteiger partial charge is 0.444 e. The second kappa shape index (κ2) is 11.2. The molecule has 0 saturated carbocycles. The first-order chi connectivity index (χ1) is 12.7. The number of carbonyl (C=O) groups is 1. The second-order valence-electron chi connectivity index (χ2n) is 8.24. The van der Waals surface area contributed by atoms with Crippen molar-refractivity contribution in [3.05, 3.63) is 12.7 Å². The summed E-state index contributed by atoms with van der Waals surface area (Å²) in [6, 6.07) is 0.520. The quantitative estimate of drug-likeness (QED) is 0.403. The van der Waals surface area contributed by atoms with Gasteiger partial charge in [-0.25, -0.2) is 4.79 Å². The summed E-state index contributed by atoms with van der Waals surface area (Å²) in [6.07, 6.45) is 4.69. The molecule has 1 aliphatic rings. The third-order valence-corrected chi connectivity index (χ3v) is 4.74. The highest BCUT2D eigenvalue weighted by molar-refractivity contribution is 5.79. The molecule has 1 fully saturated rings. The Morgan fingerprint density at radius 3 is 2.56 bits per heavy atom. The summed E-state index contributed by atoms with van der Waals surface area (Å²) in [5.74, 6) is 0.823. The van der Waals surface area contributed by atoms with E-state index in [9.17, 15) is 4.79 Å². The number of hydrogen-bond acceptors (Lipinski definition) is 4. The van der Waals surface area contributed by atoms with E-state index in [1.807, 2.05) is 33.8 Å². The van der Waals surface area contributed by atoms with Crippen molar-refractivity contribution in [2.75, 3.05) is 40.3 Å². The van der Waals surface area contributed by atoms with Crippen LogP contribution in [-0.2, 0) is 4.74 Å². The molecule has 0 aliphatic carbocycles. The maximum atomic E-state index is 12.1. The molecule has 0 spiro atoms. The number of ether oxygens (including phenoxy) is 1. The van der Waals surface area contributed by atoms with Gasteiger partial charge in [0.1, 0.15) is 5.60 Å². The van der Waals surface area contributed by atoms with E-state index in [2.05, 4.69) is 27.1 Å². The minimum Gasteiger partial charge on any atom is -0.444 e. The molecule has 1 saturated heterocycles. The third kappa shape index (κ3) is 9.13. The number of piperidine rings is 1. The molecule has 1 amide bonds. The van der Waals surface area contributed by atoms with Crippen molar-refractivity contribution in [3.8, 4) is 0 Å². The second-order valence-corrected chi connectivity index (χ2v) is 8.24. The molecule has 0 aromatic heterocycles. The van der Waals surface area contributed by atoms with Crippen molar-refractivity contribution in [1.29, 1.82) is 0 Å². The first-order valence-electron chi connectivity index (χ1n) is 9.92. The fourth-order valence-electron chi connectivity index (χ4n) is 2.94. The van der Waals surface area contributed by atoms with Gasteiger partial charge in [0.2, 0.25) is 0 Å². The lowest BCUT2D eigenvalue weighted by Gasteiger charge is -2.32. The van der Waals surface area contributed by atoms with E-state index in [0.717, 1.165) is 51.4 Å². The number of aliphatic imine (C=N–C) groups is 1. The number of nitrogens with zero attached hydrogens (tertiary/aromatic N) is 3. The van der Waals surface area contributed by atoms with Gasteiger partial charge in [-0.15, -0.1) is 6.58 Å². The Balaban J connectivity index is 2.32. The van der Waals surface area contributed by atoms with Gasteiger partial charge in [0, 0.05) is 52.4 Å². The maximum Gasteiger partial charge on any atom is 0.410 e. The fraction of sp³-hybridized carbons (Fsp3) is 0.800. The average Bonchev–Trinajstić information content (AvgIpc) is 2.60. The molecule has 0 aromatic rings. The molecule has 156 valence electrons. The van der Waals surface area contributed by atoms with Crippen molar-refractivity contribution >= 4 is 12.1 Å². The van der Waals surface area contributed by atoms with Crippen molar-refractivity contribution in [2.24, 2.45) is 4.99 Å². The van der Waals surface area contributed by atoms with Crippen LogP contribution in [0.5, 0.6) is 0 Å². The van der Waals surface area contributed by atoms with E-state index in [0.29, 0.717) is 6.04 Å². The summed E-state index contributed by atoms with van der Waals surface area (Å²) < 4.78 is 5.42. The minimum absolute atomic E-state index is 0.0765. The Kier molecular flexibility index (Phi) is 9.63. The van der Waals surface area contributed by atoms with Gasteiger partial charge >= 0.3 is 6.09 Å². The molecule has 1 rings (SSSR count). The first-order valence-corrected chi connectivity index (χ1v) is 9.92. The normalized spacial score (nSPS) is 17.9. The zero-order chi connectivity index (χ0) is 20.4. The zero-order valence-corrected chi connectivity index (χ0v) is 18.0. The van der Waals surface area contributed by atoms with Crippen LogP contribution < -0.4 is 10.6 Å². The van der Waals surface area contributed by atoms with E-state index < -0.39 is 5.60 Å². The third-order valence-electron chi connectivity index (χ3n) is 4.74. The van der Waals surface area contributed by atoms with E-state index in [4.69, 9.17) is 4.74 Å². The van der Waals surface area contributed by atoms with E-state index in [-0.39, 0.29) is 12.1 Å². The number of nitrogens with one attached hydrogen (secondary N) is 2. The number of amides is 1. The van der Waals surface area contributed by atoms with Crippen LogP contribution in [0, 0.1) is 0 Å². The van der Waals surface area contributed by atoms with Crippen LogP contribution in [0.3, 0.4) is 0 Å². The standard InChI is InChI=1S/C20H39N5O2/c1-8-13-25-14-10-17(11-15-25)23-18(21-6)22-12-9-16(2)24(7)19(26)27-20(3,4)5/h8,16-17H,1,9-15H2,2-7H3,(H2,21,22,23). The zero-order valence-electron chi connectivity index (χ0n) is 18.0. The van der Waals surface area contributed by atoms with Crippen LogP contribution in [0.4, 0.5) is 4.79 Å². The van der Waals surface area contributed by atoms with Gasteiger partial charge in [-0.3, -0.25) is 9.89 Å². The summed E-state index contributed by atoms with van der Waals surface area (Å²) in [5.41, 5.74) is -0.476. The Labute approximate surface area is 165 Å². The molecule has 0 radical (unpaired) electrons. The Hall–Kier alpha value is -1.76. The highest BCUT2D eigenvalue weighted by atomic mass is 16.6. The lowest BCUT2D eigenvalue weighted by atomic mass is 10.1. The van der Waals surface area contributed by atoms with Gasteiger partial charge in [0.25, 0.3) is 0 Å². The van der Waals surface area contributed by atoms with Gasteiger partial charge in [-0.2, -0.15) is 0 Å². The molecule has 1 unspecified atom stereocenters. The van der Waals surface area contributed by atoms with Crippen LogP contribution in [0.15, 0.2) is 17.6 Å². The van der Waals surface area contributed by atoms with Gasteiger partial charge in [0.15, 0.2) is 5.96 Å². The average molecular weight is 382 g/mol. The summed E-state index contributed by atoms with van der Waals surface area (Å²) in [7, 11) is 3.57. The van der Waals surface area contributed by atoms with Crippen LogP contribution >= 0.6 is 0 Å². The number of hydrogen-bond donors (Lipinski definition) is 2. The molecule has 1 heterocycles. The van der Waals surface area contributed by atoms with Gasteiger partial charge in [-0.05, 0) is 47.0 Å². The Bertz CT molecular complexity index is 493. The van der Waals surface area contributed by atoms with Crippen LogP contribution in [0.1, 0.15) is 47.0 Å². The fourth-order valence-corrected chi connectivity index (χ4v) is 2.94. The van der Waals surface area contributed by atoms with Crippen LogP contribution in [0.25, 0.3) is 0 Å². The smallest absolute Gasteiger partial charge is 0.410 e. The summed E-state index contributed by atoms with van der Waals surface area (Å²) in [6.45, 7) is 15.3. The summed E-state index contributed by atoms with van der Waals surface area (Å²) >= 11 is 0. The molecule has 0 aromatic carbocycles. The van der Waals surface area contributed by atoms with Crippen molar-refractivity contribution in [3.63, 3.8) is 0 Å². The molecule has 0 bridgehead atoms. The van der Waals surface area contributed by atoms with E-state index in [1.165, 1.54) is 0 Å². The molecule has 2 N–H and O–H groups in total. The van der Waals surface area contributed by atoms with Crippen molar-refractivity contribution < 1.29 is 9.53 Å². The molecular formula is C20H39N5O2.